The summed E-state index contributed by atoms with van der Waals surface area (Å²) in [6, 6.07) is 63.7. The van der Waals surface area contributed by atoms with Gasteiger partial charge in [-0.1, -0.05) is 164 Å². The monoisotopic (exact) mass is 620 g/mol. The van der Waals surface area contributed by atoms with Crippen LogP contribution < -0.4 is 0 Å². The molecule has 0 unspecified atom stereocenters. The highest BCUT2D eigenvalue weighted by atomic mass is 16.3. The van der Waals surface area contributed by atoms with Crippen LogP contribution in [0.1, 0.15) is 33.4 Å². The van der Waals surface area contributed by atoms with Crippen molar-refractivity contribution in [2.45, 2.75) is 10.8 Å². The lowest BCUT2D eigenvalue weighted by molar-refractivity contribution is 0.432. The molecule has 0 atom stereocenters. The molecule has 1 nitrogen and oxygen atoms in total. The van der Waals surface area contributed by atoms with Gasteiger partial charge >= 0.3 is 0 Å². The highest BCUT2D eigenvalue weighted by Gasteiger charge is 2.67. The van der Waals surface area contributed by atoms with Gasteiger partial charge in [0.1, 0.15) is 11.2 Å². The quantitative estimate of drug-likeness (QED) is 0.178. The summed E-state index contributed by atoms with van der Waals surface area (Å²) in [7, 11) is 0. The number of benzene rings is 8. The van der Waals surface area contributed by atoms with Crippen molar-refractivity contribution in [3.63, 3.8) is 0 Å². The smallest absolute Gasteiger partial charge is 0.143 e. The van der Waals surface area contributed by atoms with Gasteiger partial charge < -0.3 is 4.42 Å². The first-order chi connectivity index (χ1) is 24.3. The lowest BCUT2D eigenvalue weighted by atomic mass is 9.43. The van der Waals surface area contributed by atoms with Crippen LogP contribution in [-0.2, 0) is 10.8 Å². The summed E-state index contributed by atoms with van der Waals surface area (Å²) >= 11 is 0. The minimum Gasteiger partial charge on any atom is -0.455 e. The molecule has 9 aromatic rings. The molecule has 0 amide bonds. The van der Waals surface area contributed by atoms with Crippen LogP contribution in [0.5, 0.6) is 0 Å². The molecule has 8 aromatic carbocycles. The SMILES string of the molecule is c1ccc2c(c1)-c1ccccc1C13c4ccccc4-c4ccccc4C21c1cccc2c(-c4cccc5c4oc4ccccc45)ccc3c12. The fourth-order valence-corrected chi connectivity index (χ4v) is 10.5. The number of hydrogen-bond acceptors (Lipinski definition) is 1. The number of hydrogen-bond donors (Lipinski definition) is 0. The van der Waals surface area contributed by atoms with E-state index in [0.717, 1.165) is 27.5 Å². The van der Waals surface area contributed by atoms with Crippen LogP contribution >= 0.6 is 0 Å². The first-order valence-electron chi connectivity index (χ1n) is 17.2. The van der Waals surface area contributed by atoms with Gasteiger partial charge in [0, 0.05) is 16.3 Å². The lowest BCUT2D eigenvalue weighted by Gasteiger charge is -2.56. The van der Waals surface area contributed by atoms with Crippen molar-refractivity contribution in [3.05, 3.63) is 203 Å². The Morgan fingerprint density at radius 2 is 0.714 bits per heavy atom. The van der Waals surface area contributed by atoms with E-state index in [4.69, 9.17) is 4.42 Å². The molecule has 0 saturated carbocycles. The molecule has 0 radical (unpaired) electrons. The van der Waals surface area contributed by atoms with Crippen LogP contribution in [0.3, 0.4) is 0 Å². The predicted octanol–water partition coefficient (Wildman–Crippen LogP) is 12.0. The topological polar surface area (TPSA) is 13.1 Å². The number of fused-ring (bicyclic) bond motifs is 9. The molecule has 0 aliphatic heterocycles. The molecule has 3 aliphatic carbocycles. The summed E-state index contributed by atoms with van der Waals surface area (Å²) in [4.78, 5) is 0. The average molecular weight is 621 g/mol. The maximum atomic E-state index is 6.64. The summed E-state index contributed by atoms with van der Waals surface area (Å²) in [5.74, 6) is 0. The van der Waals surface area contributed by atoms with Crippen molar-refractivity contribution in [1.29, 1.82) is 0 Å². The van der Waals surface area contributed by atoms with Gasteiger partial charge in [-0.2, -0.15) is 0 Å². The Morgan fingerprint density at radius 3 is 1.33 bits per heavy atom. The molecular weight excluding hydrogens is 593 g/mol. The Bertz CT molecular complexity index is 2700. The Morgan fingerprint density at radius 1 is 0.286 bits per heavy atom. The second-order valence-corrected chi connectivity index (χ2v) is 13.9. The van der Waals surface area contributed by atoms with Gasteiger partial charge in [0.05, 0.1) is 10.8 Å². The lowest BCUT2D eigenvalue weighted by Crippen LogP contribution is -2.54. The van der Waals surface area contributed by atoms with Gasteiger partial charge in [0.2, 0.25) is 0 Å². The summed E-state index contributed by atoms with van der Waals surface area (Å²) in [5, 5.41) is 4.93. The zero-order valence-electron chi connectivity index (χ0n) is 26.6. The van der Waals surface area contributed by atoms with Crippen LogP contribution in [0.4, 0.5) is 0 Å². The van der Waals surface area contributed by atoms with E-state index >= 15 is 0 Å². The maximum absolute atomic E-state index is 6.64. The Balaban J connectivity index is 1.32. The molecule has 0 saturated heterocycles. The molecule has 1 aromatic heterocycles. The molecule has 0 bridgehead atoms. The number of furan rings is 1. The zero-order valence-corrected chi connectivity index (χ0v) is 26.6. The van der Waals surface area contributed by atoms with Crippen LogP contribution in [-0.4, -0.2) is 0 Å². The van der Waals surface area contributed by atoms with E-state index in [1.165, 1.54) is 72.0 Å². The average Bonchev–Trinajstić information content (AvgIpc) is 3.69. The van der Waals surface area contributed by atoms with E-state index < -0.39 is 10.8 Å². The van der Waals surface area contributed by atoms with Crippen molar-refractivity contribution in [3.8, 4) is 33.4 Å². The van der Waals surface area contributed by atoms with Crippen molar-refractivity contribution < 1.29 is 4.42 Å². The van der Waals surface area contributed by atoms with Gasteiger partial charge in [0.15, 0.2) is 0 Å². The molecule has 0 fully saturated rings. The molecule has 226 valence electrons. The fraction of sp³-hybridized carbons (Fsp3) is 0.0417. The van der Waals surface area contributed by atoms with E-state index in [2.05, 4.69) is 170 Å². The predicted molar refractivity (Wildman–Crippen MR) is 200 cm³/mol. The van der Waals surface area contributed by atoms with E-state index in [-0.39, 0.29) is 0 Å². The van der Waals surface area contributed by atoms with E-state index in [9.17, 15) is 0 Å². The van der Waals surface area contributed by atoms with Crippen molar-refractivity contribution in [2.75, 3.05) is 0 Å². The Kier molecular flexibility index (Phi) is 4.66. The van der Waals surface area contributed by atoms with Crippen molar-refractivity contribution in [2.24, 2.45) is 0 Å². The van der Waals surface area contributed by atoms with E-state index in [1.807, 2.05) is 0 Å². The molecule has 0 N–H and O–H groups in total. The largest absolute Gasteiger partial charge is 0.455 e. The third kappa shape index (κ3) is 2.77. The minimum absolute atomic E-state index is 0.477. The first-order valence-corrected chi connectivity index (χ1v) is 17.2. The first kappa shape index (κ1) is 25.9. The van der Waals surface area contributed by atoms with Crippen molar-refractivity contribution in [1.82, 2.24) is 0 Å². The fourth-order valence-electron chi connectivity index (χ4n) is 10.5. The zero-order chi connectivity index (χ0) is 31.9. The molecule has 12 rings (SSSR count). The second-order valence-electron chi connectivity index (χ2n) is 13.9. The van der Waals surface area contributed by atoms with Crippen LogP contribution in [0.15, 0.2) is 174 Å². The highest BCUT2D eigenvalue weighted by molar-refractivity contribution is 6.15. The maximum Gasteiger partial charge on any atom is 0.143 e. The molecule has 1 heteroatoms. The summed E-state index contributed by atoms with van der Waals surface area (Å²) in [6.07, 6.45) is 0. The van der Waals surface area contributed by atoms with Crippen LogP contribution in [0.25, 0.3) is 66.1 Å². The van der Waals surface area contributed by atoms with E-state index in [0.29, 0.717) is 0 Å². The standard InChI is InChI=1S/C48H28O/c1-6-21-38-30(13-1)32-15-3-8-23-40(32)48-41-24-9-4-16-33(41)31-14-2-7-22-39(31)47(38,48)42-25-12-18-35-29(27-28-43(48)45(35)42)36-19-11-20-37-34-17-5-10-26-44(34)49-46(36)37/h1-28H. The number of rotatable bonds is 1. The summed E-state index contributed by atoms with van der Waals surface area (Å²) in [6.45, 7) is 0. The summed E-state index contributed by atoms with van der Waals surface area (Å²) < 4.78 is 6.64. The van der Waals surface area contributed by atoms with Gasteiger partial charge in [-0.05, 0) is 78.0 Å². The Hall–Kier alpha value is -6.18. The number of para-hydroxylation sites is 2. The Labute approximate surface area is 283 Å². The minimum atomic E-state index is -0.477. The third-order valence-electron chi connectivity index (χ3n) is 12.0. The molecule has 3 aliphatic rings. The highest BCUT2D eigenvalue weighted by Crippen LogP contribution is 2.74. The summed E-state index contributed by atoms with van der Waals surface area (Å²) in [5.41, 5.74) is 16.8. The van der Waals surface area contributed by atoms with Crippen LogP contribution in [0.2, 0.25) is 0 Å². The van der Waals surface area contributed by atoms with E-state index in [1.54, 1.807) is 0 Å². The van der Waals surface area contributed by atoms with Crippen molar-refractivity contribution >= 4 is 32.7 Å². The van der Waals surface area contributed by atoms with Crippen LogP contribution in [0, 0.1) is 0 Å². The molecular formula is C48H28O. The molecule has 1 heterocycles. The second kappa shape index (κ2) is 8.83. The van der Waals surface area contributed by atoms with Gasteiger partial charge in [-0.25, -0.2) is 0 Å². The van der Waals surface area contributed by atoms with Gasteiger partial charge in [0.25, 0.3) is 0 Å². The molecule has 49 heavy (non-hydrogen) atoms. The van der Waals surface area contributed by atoms with Gasteiger partial charge in [-0.3, -0.25) is 0 Å². The third-order valence-corrected chi connectivity index (χ3v) is 12.0. The normalized spacial score (nSPS) is 19.2. The van der Waals surface area contributed by atoms with Gasteiger partial charge in [-0.15, -0.1) is 0 Å². The molecule has 0 spiro atoms.